The van der Waals surface area contributed by atoms with Gasteiger partial charge in [0.15, 0.2) is 5.78 Å². The van der Waals surface area contributed by atoms with E-state index in [9.17, 15) is 9.59 Å². The molecule has 0 amide bonds. The monoisotopic (exact) mass is 194 g/mol. The molecule has 14 heavy (non-hydrogen) atoms. The van der Waals surface area contributed by atoms with Gasteiger partial charge in [-0.15, -0.1) is 0 Å². The summed E-state index contributed by atoms with van der Waals surface area (Å²) in [6.07, 6.45) is 3.42. The Kier molecular flexibility index (Phi) is 1.39. The van der Waals surface area contributed by atoms with Crippen molar-refractivity contribution in [1.29, 1.82) is 0 Å². The van der Waals surface area contributed by atoms with Crippen LogP contribution in [0, 0.1) is 5.41 Å². The summed E-state index contributed by atoms with van der Waals surface area (Å²) in [4.78, 5) is 23.4. The summed E-state index contributed by atoms with van der Waals surface area (Å²) in [5.41, 5.74) is -0.735. The maximum absolute atomic E-state index is 11.9. The number of hydrogen-bond donors (Lipinski definition) is 0. The van der Waals surface area contributed by atoms with E-state index >= 15 is 0 Å². The molecule has 0 aromatic carbocycles. The van der Waals surface area contributed by atoms with Crippen molar-refractivity contribution < 1.29 is 14.3 Å². The van der Waals surface area contributed by atoms with Crippen LogP contribution in [-0.2, 0) is 14.3 Å². The minimum Gasteiger partial charge on any atom is -0.357 e. The Morgan fingerprint density at radius 2 is 2.07 bits per heavy atom. The first-order valence-corrected chi connectivity index (χ1v) is 5.34. The predicted octanol–water partition coefficient (Wildman–Crippen LogP) is 1.25. The fraction of sp³-hybridized carbons (Fsp3) is 0.818. The molecule has 0 aromatic heterocycles. The molecule has 3 rings (SSSR count). The Morgan fingerprint density at radius 3 is 2.86 bits per heavy atom. The van der Waals surface area contributed by atoms with Crippen LogP contribution in [0.5, 0.6) is 0 Å². The summed E-state index contributed by atoms with van der Waals surface area (Å²) < 4.78 is 5.58. The molecule has 0 unspecified atom stereocenters. The van der Waals surface area contributed by atoms with E-state index in [1.54, 1.807) is 0 Å². The third-order valence-electron chi connectivity index (χ3n) is 4.36. The Labute approximate surface area is 82.8 Å². The molecule has 1 aliphatic heterocycles. The lowest BCUT2D eigenvalue weighted by atomic mass is 9.59. The number of epoxide rings is 1. The highest BCUT2D eigenvalue weighted by Gasteiger charge is 2.74. The van der Waals surface area contributed by atoms with Crippen LogP contribution in [0.3, 0.4) is 0 Å². The van der Waals surface area contributed by atoms with Crippen molar-refractivity contribution in [2.75, 3.05) is 0 Å². The topological polar surface area (TPSA) is 46.7 Å². The van der Waals surface area contributed by atoms with Crippen LogP contribution in [0.15, 0.2) is 0 Å². The van der Waals surface area contributed by atoms with E-state index in [0.717, 1.165) is 12.8 Å². The summed E-state index contributed by atoms with van der Waals surface area (Å²) in [6.45, 7) is 1.99. The Bertz CT molecular complexity index is 335. The molecule has 3 atom stereocenters. The fourth-order valence-corrected chi connectivity index (χ4v) is 3.27. The van der Waals surface area contributed by atoms with Crippen molar-refractivity contribution in [3.05, 3.63) is 0 Å². The number of rotatable bonds is 0. The van der Waals surface area contributed by atoms with Gasteiger partial charge in [0.2, 0.25) is 0 Å². The summed E-state index contributed by atoms with van der Waals surface area (Å²) >= 11 is 0. The molecule has 1 saturated heterocycles. The lowest BCUT2D eigenvalue weighted by Crippen LogP contribution is -2.51. The van der Waals surface area contributed by atoms with Gasteiger partial charge >= 0.3 is 0 Å². The van der Waals surface area contributed by atoms with Gasteiger partial charge in [-0.1, -0.05) is 0 Å². The van der Waals surface area contributed by atoms with Gasteiger partial charge < -0.3 is 4.74 Å². The van der Waals surface area contributed by atoms with Crippen LogP contribution >= 0.6 is 0 Å². The van der Waals surface area contributed by atoms with Crippen LogP contribution in [0.25, 0.3) is 0 Å². The lowest BCUT2D eigenvalue weighted by molar-refractivity contribution is -0.137. The molecular weight excluding hydrogens is 180 g/mol. The highest BCUT2D eigenvalue weighted by molar-refractivity contribution is 5.96. The molecule has 76 valence electrons. The predicted molar refractivity (Wildman–Crippen MR) is 48.8 cm³/mol. The average Bonchev–Trinajstić information content (AvgIpc) is 2.87. The Morgan fingerprint density at radius 1 is 1.29 bits per heavy atom. The third-order valence-corrected chi connectivity index (χ3v) is 4.36. The zero-order valence-electron chi connectivity index (χ0n) is 8.34. The lowest BCUT2D eigenvalue weighted by Gasteiger charge is -2.40. The fourth-order valence-electron chi connectivity index (χ4n) is 3.27. The van der Waals surface area contributed by atoms with Gasteiger partial charge in [-0.25, -0.2) is 0 Å². The van der Waals surface area contributed by atoms with Gasteiger partial charge in [-0.2, -0.15) is 0 Å². The van der Waals surface area contributed by atoms with Crippen LogP contribution in [0.1, 0.15) is 39.0 Å². The number of ketones is 2. The highest BCUT2D eigenvalue weighted by Crippen LogP contribution is 2.62. The molecule has 3 fully saturated rings. The standard InChI is InChI=1S/C11H14O3/c1-10-6-4-7(12)9-11(10,14-9)5-2-3-8(10)13/h9H,2-6H2,1H3/t9-,10-,11-/m1/s1. The van der Waals surface area contributed by atoms with Crippen molar-refractivity contribution in [2.24, 2.45) is 5.41 Å². The number of carbonyl (C=O) groups excluding carboxylic acids is 2. The van der Waals surface area contributed by atoms with Crippen LogP contribution in [0.4, 0.5) is 0 Å². The molecule has 0 aromatic rings. The molecule has 3 aliphatic rings. The molecule has 3 heteroatoms. The maximum Gasteiger partial charge on any atom is 0.164 e. The first-order chi connectivity index (χ1) is 6.60. The van der Waals surface area contributed by atoms with Crippen molar-refractivity contribution in [2.45, 2.75) is 50.7 Å². The molecule has 0 N–H and O–H groups in total. The molecule has 0 bridgehead atoms. The summed E-state index contributed by atoms with van der Waals surface area (Å²) in [5.74, 6) is 0.510. The SMILES string of the molecule is C[C@]12CCC(=O)[C@H]3O[C@]31CCCC2=O. The first-order valence-electron chi connectivity index (χ1n) is 5.34. The minimum absolute atomic E-state index is 0.206. The van der Waals surface area contributed by atoms with Crippen LogP contribution < -0.4 is 0 Å². The molecular formula is C11H14O3. The molecule has 2 saturated carbocycles. The quantitative estimate of drug-likeness (QED) is 0.545. The second-order valence-corrected chi connectivity index (χ2v) is 4.96. The highest BCUT2D eigenvalue weighted by atomic mass is 16.6. The summed E-state index contributed by atoms with van der Waals surface area (Å²) in [6, 6.07) is 0. The molecule has 1 heterocycles. The average molecular weight is 194 g/mol. The second-order valence-electron chi connectivity index (χ2n) is 4.96. The van der Waals surface area contributed by atoms with Crippen molar-refractivity contribution in [1.82, 2.24) is 0 Å². The molecule has 0 radical (unpaired) electrons. The van der Waals surface area contributed by atoms with Crippen LogP contribution in [0.2, 0.25) is 0 Å². The van der Waals surface area contributed by atoms with Crippen molar-refractivity contribution in [3.63, 3.8) is 0 Å². The molecule has 2 aliphatic carbocycles. The number of hydrogen-bond acceptors (Lipinski definition) is 3. The number of Topliss-reactive ketones (excluding diaryl/α,β-unsaturated/α-hetero) is 2. The van der Waals surface area contributed by atoms with Gasteiger partial charge in [0, 0.05) is 12.8 Å². The number of carbonyl (C=O) groups is 2. The van der Waals surface area contributed by atoms with Gasteiger partial charge in [0.1, 0.15) is 17.5 Å². The van der Waals surface area contributed by atoms with Crippen LogP contribution in [-0.4, -0.2) is 23.3 Å². The maximum atomic E-state index is 11.9. The zero-order chi connectivity index (χ0) is 9.97. The largest absolute Gasteiger partial charge is 0.357 e. The summed E-state index contributed by atoms with van der Waals surface area (Å²) in [7, 11) is 0. The minimum atomic E-state index is -0.377. The van der Waals surface area contributed by atoms with E-state index in [-0.39, 0.29) is 22.9 Å². The van der Waals surface area contributed by atoms with Gasteiger partial charge in [-0.05, 0) is 26.2 Å². The van der Waals surface area contributed by atoms with Crippen molar-refractivity contribution in [3.8, 4) is 0 Å². The van der Waals surface area contributed by atoms with E-state index in [1.165, 1.54) is 0 Å². The van der Waals surface area contributed by atoms with E-state index in [1.807, 2.05) is 6.92 Å². The van der Waals surface area contributed by atoms with E-state index < -0.39 is 0 Å². The number of ether oxygens (including phenoxy) is 1. The van der Waals surface area contributed by atoms with Gasteiger partial charge in [0.25, 0.3) is 0 Å². The Balaban J connectivity index is 2.03. The zero-order valence-corrected chi connectivity index (χ0v) is 8.34. The second kappa shape index (κ2) is 2.27. The van der Waals surface area contributed by atoms with Gasteiger partial charge in [-0.3, -0.25) is 9.59 Å². The Hall–Kier alpha value is -0.700. The molecule has 1 spiro atoms. The van der Waals surface area contributed by atoms with E-state index in [2.05, 4.69) is 0 Å². The smallest absolute Gasteiger partial charge is 0.164 e. The first kappa shape index (κ1) is 8.60. The van der Waals surface area contributed by atoms with E-state index in [4.69, 9.17) is 4.74 Å². The van der Waals surface area contributed by atoms with Crippen molar-refractivity contribution >= 4 is 11.6 Å². The normalized spacial score (nSPS) is 51.1. The third kappa shape index (κ3) is 0.738. The van der Waals surface area contributed by atoms with E-state index in [0.29, 0.717) is 25.0 Å². The summed E-state index contributed by atoms with van der Waals surface area (Å²) in [5, 5.41) is 0. The molecule has 3 nitrogen and oxygen atoms in total. The van der Waals surface area contributed by atoms with Gasteiger partial charge in [0.05, 0.1) is 5.41 Å².